The molecule has 122 valence electrons. The maximum Gasteiger partial charge on any atom is 0.0603 e. The third-order valence-corrected chi connectivity index (χ3v) is 4.85. The Hall–Kier alpha value is -2.23. The summed E-state index contributed by atoms with van der Waals surface area (Å²) in [5, 5.41) is 5.92. The van der Waals surface area contributed by atoms with Gasteiger partial charge in [0, 0.05) is 44.0 Å². The third-order valence-electron chi connectivity index (χ3n) is 4.85. The lowest BCUT2D eigenvalue weighted by molar-refractivity contribution is 0.198. The molecule has 0 radical (unpaired) electrons. The van der Waals surface area contributed by atoms with Crippen LogP contribution in [0.2, 0.25) is 0 Å². The van der Waals surface area contributed by atoms with E-state index in [4.69, 9.17) is 0 Å². The van der Waals surface area contributed by atoms with Gasteiger partial charge in [-0.25, -0.2) is 0 Å². The molecule has 1 aromatic heterocycles. The number of hydrogen-bond donors (Lipinski definition) is 1. The fraction of sp³-hybridized carbons (Fsp3) is 0.286. The third kappa shape index (κ3) is 3.05. The van der Waals surface area contributed by atoms with E-state index >= 15 is 0 Å². The van der Waals surface area contributed by atoms with E-state index in [1.165, 1.54) is 27.5 Å². The van der Waals surface area contributed by atoms with Gasteiger partial charge >= 0.3 is 0 Å². The van der Waals surface area contributed by atoms with E-state index in [1.807, 2.05) is 12.4 Å². The molecule has 1 atom stereocenters. The molecule has 0 saturated carbocycles. The molecule has 0 spiro atoms. The van der Waals surface area contributed by atoms with Crippen molar-refractivity contribution >= 4 is 10.8 Å². The van der Waals surface area contributed by atoms with Crippen molar-refractivity contribution in [1.82, 2.24) is 15.2 Å². The standard InChI is InChI=1S/C21H23N3/c1-16-3-2-4-18(13-16)21(24-11-9-22-10-12-24)19-5-6-20-15-23-8-7-17(20)14-19/h2-8,13-15,21-22H,9-12H2,1H3. The second kappa shape index (κ2) is 6.71. The number of benzene rings is 2. The molecule has 2 heterocycles. The summed E-state index contributed by atoms with van der Waals surface area (Å²) in [6, 6.07) is 18.1. The molecule has 3 heteroatoms. The molecule has 1 aliphatic rings. The SMILES string of the molecule is Cc1cccc(C(c2ccc3cnccc3c2)N2CCNCC2)c1. The van der Waals surface area contributed by atoms with Gasteiger partial charge in [0.15, 0.2) is 0 Å². The summed E-state index contributed by atoms with van der Waals surface area (Å²) in [6.45, 7) is 6.43. The van der Waals surface area contributed by atoms with Crippen molar-refractivity contribution in [2.24, 2.45) is 0 Å². The number of nitrogens with one attached hydrogen (secondary N) is 1. The predicted molar refractivity (Wildman–Crippen MR) is 99.2 cm³/mol. The van der Waals surface area contributed by atoms with E-state index in [2.05, 4.69) is 70.7 Å². The van der Waals surface area contributed by atoms with Crippen LogP contribution in [0.1, 0.15) is 22.7 Å². The number of aryl methyl sites for hydroxylation is 1. The van der Waals surface area contributed by atoms with Crippen molar-refractivity contribution in [3.63, 3.8) is 0 Å². The molecule has 1 aliphatic heterocycles. The Morgan fingerprint density at radius 2 is 1.79 bits per heavy atom. The van der Waals surface area contributed by atoms with Crippen LogP contribution in [0.25, 0.3) is 10.8 Å². The summed E-state index contributed by atoms with van der Waals surface area (Å²) < 4.78 is 0. The number of nitrogens with zero attached hydrogens (tertiary/aromatic N) is 2. The van der Waals surface area contributed by atoms with Gasteiger partial charge < -0.3 is 5.32 Å². The van der Waals surface area contributed by atoms with Crippen molar-refractivity contribution < 1.29 is 0 Å². The van der Waals surface area contributed by atoms with Crippen LogP contribution in [-0.4, -0.2) is 36.1 Å². The van der Waals surface area contributed by atoms with Gasteiger partial charge in [0.1, 0.15) is 0 Å². The van der Waals surface area contributed by atoms with Crippen molar-refractivity contribution in [2.45, 2.75) is 13.0 Å². The zero-order valence-electron chi connectivity index (χ0n) is 14.1. The van der Waals surface area contributed by atoms with Crippen LogP contribution in [-0.2, 0) is 0 Å². The first-order valence-corrected chi connectivity index (χ1v) is 8.66. The predicted octanol–water partition coefficient (Wildman–Crippen LogP) is 3.54. The highest BCUT2D eigenvalue weighted by Crippen LogP contribution is 2.31. The average molecular weight is 317 g/mol. The zero-order chi connectivity index (χ0) is 16.4. The van der Waals surface area contributed by atoms with E-state index in [9.17, 15) is 0 Å². The summed E-state index contributed by atoms with van der Waals surface area (Å²) in [7, 11) is 0. The van der Waals surface area contributed by atoms with Crippen molar-refractivity contribution in [3.05, 3.63) is 77.6 Å². The van der Waals surface area contributed by atoms with Crippen molar-refractivity contribution in [3.8, 4) is 0 Å². The molecule has 24 heavy (non-hydrogen) atoms. The van der Waals surface area contributed by atoms with Crippen LogP contribution in [0.4, 0.5) is 0 Å². The number of pyridine rings is 1. The number of aromatic nitrogens is 1. The fourth-order valence-corrected chi connectivity index (χ4v) is 3.67. The van der Waals surface area contributed by atoms with Gasteiger partial charge in [0.2, 0.25) is 0 Å². The minimum absolute atomic E-state index is 0.310. The second-order valence-electron chi connectivity index (χ2n) is 6.58. The number of fused-ring (bicyclic) bond motifs is 1. The lowest BCUT2D eigenvalue weighted by Crippen LogP contribution is -2.45. The maximum atomic E-state index is 4.23. The molecule has 0 amide bonds. The Kier molecular flexibility index (Phi) is 4.28. The highest BCUT2D eigenvalue weighted by atomic mass is 15.2. The highest BCUT2D eigenvalue weighted by Gasteiger charge is 2.24. The maximum absolute atomic E-state index is 4.23. The largest absolute Gasteiger partial charge is 0.314 e. The Morgan fingerprint density at radius 1 is 0.958 bits per heavy atom. The molecular formula is C21H23N3. The van der Waals surface area contributed by atoms with Gasteiger partial charge in [-0.15, -0.1) is 0 Å². The first-order valence-electron chi connectivity index (χ1n) is 8.66. The van der Waals surface area contributed by atoms with Gasteiger partial charge in [-0.05, 0) is 35.6 Å². The lowest BCUT2D eigenvalue weighted by atomic mass is 9.94. The molecule has 2 aromatic carbocycles. The Morgan fingerprint density at radius 3 is 2.62 bits per heavy atom. The van der Waals surface area contributed by atoms with E-state index in [0.29, 0.717) is 6.04 Å². The smallest absolute Gasteiger partial charge is 0.0603 e. The van der Waals surface area contributed by atoms with Gasteiger partial charge in [-0.2, -0.15) is 0 Å². The normalized spacial score (nSPS) is 17.0. The van der Waals surface area contributed by atoms with Crippen molar-refractivity contribution in [1.29, 1.82) is 0 Å². The molecule has 0 aliphatic carbocycles. The van der Waals surface area contributed by atoms with Gasteiger partial charge in [-0.1, -0.05) is 42.0 Å². The van der Waals surface area contributed by atoms with Gasteiger partial charge in [0.05, 0.1) is 6.04 Å². The monoisotopic (exact) mass is 317 g/mol. The van der Waals surface area contributed by atoms with Crippen LogP contribution in [0.3, 0.4) is 0 Å². The van der Waals surface area contributed by atoms with E-state index in [0.717, 1.165) is 26.2 Å². The summed E-state index contributed by atoms with van der Waals surface area (Å²) in [4.78, 5) is 6.82. The Labute approximate surface area is 143 Å². The fourth-order valence-electron chi connectivity index (χ4n) is 3.67. The molecule has 0 bridgehead atoms. The second-order valence-corrected chi connectivity index (χ2v) is 6.58. The molecule has 4 rings (SSSR count). The summed E-state index contributed by atoms with van der Waals surface area (Å²) in [5.74, 6) is 0. The minimum atomic E-state index is 0.310. The van der Waals surface area contributed by atoms with E-state index in [1.54, 1.807) is 0 Å². The summed E-state index contributed by atoms with van der Waals surface area (Å²) in [6.07, 6.45) is 3.81. The van der Waals surface area contributed by atoms with E-state index in [-0.39, 0.29) is 0 Å². The molecular weight excluding hydrogens is 294 g/mol. The lowest BCUT2D eigenvalue weighted by Gasteiger charge is -2.36. The van der Waals surface area contributed by atoms with Crippen LogP contribution in [0.5, 0.6) is 0 Å². The molecule has 3 aromatic rings. The topological polar surface area (TPSA) is 28.2 Å². The number of rotatable bonds is 3. The molecule has 1 fully saturated rings. The minimum Gasteiger partial charge on any atom is -0.314 e. The average Bonchev–Trinajstić information content (AvgIpc) is 2.63. The number of hydrogen-bond acceptors (Lipinski definition) is 3. The zero-order valence-corrected chi connectivity index (χ0v) is 14.1. The summed E-state index contributed by atoms with van der Waals surface area (Å²) >= 11 is 0. The molecule has 1 saturated heterocycles. The Bertz CT molecular complexity index is 837. The van der Waals surface area contributed by atoms with Crippen LogP contribution < -0.4 is 5.32 Å². The molecule has 1 N–H and O–H groups in total. The van der Waals surface area contributed by atoms with Crippen LogP contribution >= 0.6 is 0 Å². The van der Waals surface area contributed by atoms with Gasteiger partial charge in [0.25, 0.3) is 0 Å². The Balaban J connectivity index is 1.80. The quantitative estimate of drug-likeness (QED) is 0.801. The van der Waals surface area contributed by atoms with Crippen LogP contribution in [0.15, 0.2) is 60.9 Å². The van der Waals surface area contributed by atoms with Crippen molar-refractivity contribution in [2.75, 3.05) is 26.2 Å². The molecule has 1 unspecified atom stereocenters. The highest BCUT2D eigenvalue weighted by molar-refractivity contribution is 5.82. The molecule has 3 nitrogen and oxygen atoms in total. The first-order chi connectivity index (χ1) is 11.8. The van der Waals surface area contributed by atoms with E-state index < -0.39 is 0 Å². The number of piperazine rings is 1. The van der Waals surface area contributed by atoms with Crippen LogP contribution in [0, 0.1) is 6.92 Å². The van der Waals surface area contributed by atoms with Gasteiger partial charge in [-0.3, -0.25) is 9.88 Å². The summed E-state index contributed by atoms with van der Waals surface area (Å²) in [5.41, 5.74) is 4.06. The first kappa shape index (κ1) is 15.3.